The number of amides is 1. The highest BCUT2D eigenvalue weighted by Gasteiger charge is 2.22. The van der Waals surface area contributed by atoms with Gasteiger partial charge in [-0.2, -0.15) is 0 Å². The van der Waals surface area contributed by atoms with Crippen molar-refractivity contribution in [1.29, 1.82) is 0 Å². The molecule has 1 aliphatic rings. The summed E-state index contributed by atoms with van der Waals surface area (Å²) in [7, 11) is 0. The van der Waals surface area contributed by atoms with Gasteiger partial charge in [-0.15, -0.1) is 0 Å². The number of carbonyl (C=O) groups excluding carboxylic acids is 1. The molecule has 2 atom stereocenters. The number of anilines is 1. The molecule has 0 bridgehead atoms. The third kappa shape index (κ3) is 4.49. The minimum Gasteiger partial charge on any atom is -0.394 e. The maximum absolute atomic E-state index is 12.6. The fourth-order valence-electron chi connectivity index (χ4n) is 4.12. The maximum atomic E-state index is 12.6. The third-order valence-corrected chi connectivity index (χ3v) is 5.79. The number of hydrogen-bond acceptors (Lipinski definition) is 5. The molecule has 8 heteroatoms. The number of imidazole rings is 1. The molecule has 0 saturated carbocycles. The molecule has 3 aromatic rings. The molecule has 3 heterocycles. The van der Waals surface area contributed by atoms with E-state index in [0.29, 0.717) is 19.0 Å². The van der Waals surface area contributed by atoms with E-state index in [2.05, 4.69) is 23.6 Å². The molecule has 1 amide bonds. The van der Waals surface area contributed by atoms with Crippen LogP contribution in [0.15, 0.2) is 41.3 Å². The van der Waals surface area contributed by atoms with Gasteiger partial charge in [-0.05, 0) is 44.9 Å². The number of nitrogens with one attached hydrogen (secondary N) is 2. The Morgan fingerprint density at radius 2 is 2.19 bits per heavy atom. The zero-order valence-electron chi connectivity index (χ0n) is 18.0. The van der Waals surface area contributed by atoms with Crippen LogP contribution in [0.25, 0.3) is 11.0 Å². The monoisotopic (exact) mass is 423 g/mol. The highest BCUT2D eigenvalue weighted by atomic mass is 16.3. The maximum Gasteiger partial charge on any atom is 0.250 e. The van der Waals surface area contributed by atoms with E-state index in [-0.39, 0.29) is 30.7 Å². The Bertz CT molecular complexity index is 1150. The predicted octanol–water partition coefficient (Wildman–Crippen LogP) is 1.68. The summed E-state index contributed by atoms with van der Waals surface area (Å²) in [5.41, 5.74) is 4.04. The Hall–Kier alpha value is -3.13. The van der Waals surface area contributed by atoms with E-state index >= 15 is 0 Å². The summed E-state index contributed by atoms with van der Waals surface area (Å²) < 4.78 is 3.58. The third-order valence-electron chi connectivity index (χ3n) is 5.79. The van der Waals surface area contributed by atoms with Gasteiger partial charge >= 0.3 is 0 Å². The van der Waals surface area contributed by atoms with Crippen LogP contribution in [0, 0.1) is 0 Å². The van der Waals surface area contributed by atoms with E-state index in [1.807, 2.05) is 16.7 Å². The van der Waals surface area contributed by atoms with E-state index < -0.39 is 0 Å². The molecule has 0 aliphatic carbocycles. The van der Waals surface area contributed by atoms with Crippen molar-refractivity contribution in [3.63, 3.8) is 0 Å². The SMILES string of the molecule is C[C@H](CO)NC(=O)Cn1c(CCn2ccccc2=O)nc2c3c(ccc21)N[C@@H](C)CC3. The van der Waals surface area contributed by atoms with Gasteiger partial charge in [-0.3, -0.25) is 9.59 Å². The Morgan fingerprint density at radius 1 is 1.35 bits per heavy atom. The Balaban J connectivity index is 1.70. The van der Waals surface area contributed by atoms with Crippen LogP contribution >= 0.6 is 0 Å². The van der Waals surface area contributed by atoms with Crippen molar-refractivity contribution in [1.82, 2.24) is 19.4 Å². The van der Waals surface area contributed by atoms with Gasteiger partial charge in [0.2, 0.25) is 5.91 Å². The predicted molar refractivity (Wildman–Crippen MR) is 120 cm³/mol. The second-order valence-corrected chi connectivity index (χ2v) is 8.29. The summed E-state index contributed by atoms with van der Waals surface area (Å²) in [6.45, 7) is 4.41. The van der Waals surface area contributed by atoms with Crippen molar-refractivity contribution in [3.8, 4) is 0 Å². The van der Waals surface area contributed by atoms with Crippen molar-refractivity contribution in [2.45, 2.75) is 58.3 Å². The van der Waals surface area contributed by atoms with Gasteiger partial charge in [0, 0.05) is 48.6 Å². The second kappa shape index (κ2) is 8.93. The molecule has 2 aromatic heterocycles. The number of pyridine rings is 1. The minimum absolute atomic E-state index is 0.0600. The topological polar surface area (TPSA) is 101 Å². The molecule has 0 unspecified atom stereocenters. The van der Waals surface area contributed by atoms with Crippen molar-refractivity contribution in [2.24, 2.45) is 0 Å². The molecule has 0 saturated heterocycles. The molecular weight excluding hydrogens is 394 g/mol. The number of fused-ring (bicyclic) bond motifs is 3. The number of aryl methyl sites for hydroxylation is 3. The first-order chi connectivity index (χ1) is 15.0. The van der Waals surface area contributed by atoms with Crippen LogP contribution in [-0.4, -0.2) is 43.8 Å². The van der Waals surface area contributed by atoms with Gasteiger partial charge in [0.1, 0.15) is 12.4 Å². The number of aromatic nitrogens is 3. The van der Waals surface area contributed by atoms with Gasteiger partial charge in [0.15, 0.2) is 0 Å². The summed E-state index contributed by atoms with van der Waals surface area (Å²) in [4.78, 5) is 29.6. The van der Waals surface area contributed by atoms with Crippen LogP contribution in [-0.2, 0) is 30.7 Å². The number of rotatable bonds is 7. The summed E-state index contributed by atoms with van der Waals surface area (Å²) in [5.74, 6) is 0.591. The molecular formula is C23H29N5O3. The van der Waals surface area contributed by atoms with Crippen LogP contribution in [0.2, 0.25) is 0 Å². The average molecular weight is 424 g/mol. The van der Waals surface area contributed by atoms with Crippen molar-refractivity contribution >= 4 is 22.6 Å². The van der Waals surface area contributed by atoms with Gasteiger partial charge < -0.3 is 24.9 Å². The highest BCUT2D eigenvalue weighted by Crippen LogP contribution is 2.32. The van der Waals surface area contributed by atoms with E-state index in [0.717, 1.165) is 35.4 Å². The summed E-state index contributed by atoms with van der Waals surface area (Å²) in [6, 6.07) is 9.27. The lowest BCUT2D eigenvalue weighted by molar-refractivity contribution is -0.122. The van der Waals surface area contributed by atoms with E-state index in [4.69, 9.17) is 4.98 Å². The lowest BCUT2D eigenvalue weighted by Gasteiger charge is -2.24. The van der Waals surface area contributed by atoms with Crippen molar-refractivity contribution in [2.75, 3.05) is 11.9 Å². The summed E-state index contributed by atoms with van der Waals surface area (Å²) in [5, 5.41) is 15.6. The molecule has 8 nitrogen and oxygen atoms in total. The van der Waals surface area contributed by atoms with Gasteiger partial charge in [0.25, 0.3) is 5.56 Å². The fraction of sp³-hybridized carbons (Fsp3) is 0.435. The number of nitrogens with zero attached hydrogens (tertiary/aromatic N) is 3. The highest BCUT2D eigenvalue weighted by molar-refractivity contribution is 5.87. The summed E-state index contributed by atoms with van der Waals surface area (Å²) >= 11 is 0. The van der Waals surface area contributed by atoms with Crippen LogP contribution in [0.5, 0.6) is 0 Å². The molecule has 3 N–H and O–H groups in total. The van der Waals surface area contributed by atoms with Crippen molar-refractivity contribution in [3.05, 3.63) is 58.3 Å². The molecule has 164 valence electrons. The minimum atomic E-state index is -0.313. The van der Waals surface area contributed by atoms with E-state index in [1.54, 1.807) is 23.8 Å². The zero-order chi connectivity index (χ0) is 22.0. The number of aliphatic hydroxyl groups is 1. The average Bonchev–Trinajstić information content (AvgIpc) is 3.10. The lowest BCUT2D eigenvalue weighted by Crippen LogP contribution is -2.37. The quantitative estimate of drug-likeness (QED) is 0.537. The molecule has 31 heavy (non-hydrogen) atoms. The Kier molecular flexibility index (Phi) is 6.08. The van der Waals surface area contributed by atoms with Crippen LogP contribution in [0.1, 0.15) is 31.7 Å². The van der Waals surface area contributed by atoms with E-state index in [9.17, 15) is 14.7 Å². The Morgan fingerprint density at radius 3 is 2.97 bits per heavy atom. The van der Waals surface area contributed by atoms with Crippen LogP contribution < -0.4 is 16.2 Å². The van der Waals surface area contributed by atoms with Crippen LogP contribution in [0.3, 0.4) is 0 Å². The summed E-state index contributed by atoms with van der Waals surface area (Å²) in [6.07, 6.45) is 4.25. The number of aliphatic hydroxyl groups excluding tert-OH is 1. The van der Waals surface area contributed by atoms with Gasteiger partial charge in [-0.1, -0.05) is 6.07 Å². The molecule has 0 spiro atoms. The molecule has 0 radical (unpaired) electrons. The molecule has 0 fully saturated rings. The van der Waals surface area contributed by atoms with E-state index in [1.165, 1.54) is 11.6 Å². The first kappa shape index (κ1) is 21.1. The standard InChI is InChI=1S/C23H29N5O3/c1-15-6-7-17-18(24-15)8-9-19-23(17)26-20(10-12-27-11-4-3-5-22(27)31)28(19)13-21(30)25-16(2)14-29/h3-5,8-9,11,15-16,24,29H,6-7,10,12-14H2,1-2H3,(H,25,30)/t15-,16+/m0/s1. The molecule has 4 rings (SSSR count). The van der Waals surface area contributed by atoms with Gasteiger partial charge in [0.05, 0.1) is 17.6 Å². The second-order valence-electron chi connectivity index (χ2n) is 8.29. The number of benzene rings is 1. The van der Waals surface area contributed by atoms with Gasteiger partial charge in [-0.25, -0.2) is 4.98 Å². The molecule has 1 aromatic carbocycles. The first-order valence-corrected chi connectivity index (χ1v) is 10.8. The number of carbonyl (C=O) groups is 1. The van der Waals surface area contributed by atoms with Crippen molar-refractivity contribution < 1.29 is 9.90 Å². The molecule has 1 aliphatic heterocycles. The number of hydrogen-bond donors (Lipinski definition) is 3. The first-order valence-electron chi connectivity index (χ1n) is 10.8. The van der Waals surface area contributed by atoms with Crippen LogP contribution in [0.4, 0.5) is 5.69 Å². The lowest BCUT2D eigenvalue weighted by atomic mass is 9.98. The Labute approximate surface area is 180 Å². The smallest absolute Gasteiger partial charge is 0.250 e. The zero-order valence-corrected chi connectivity index (χ0v) is 18.0. The normalized spacial score (nSPS) is 16.5. The largest absolute Gasteiger partial charge is 0.394 e. The fourth-order valence-corrected chi connectivity index (χ4v) is 4.12.